The summed E-state index contributed by atoms with van der Waals surface area (Å²) in [7, 11) is -4.61. The minimum Gasteiger partial charge on any atom is -0.390 e. The predicted molar refractivity (Wildman–Crippen MR) is 133 cm³/mol. The number of nitrogens with one attached hydrogen (secondary N) is 3. The van der Waals surface area contributed by atoms with Crippen LogP contribution < -0.4 is 15.8 Å². The van der Waals surface area contributed by atoms with E-state index in [1.54, 1.807) is 12.3 Å². The highest BCUT2D eigenvalue weighted by Gasteiger charge is 2.37. The number of alkyl halides is 3. The highest BCUT2D eigenvalue weighted by atomic mass is 32.2. The molecule has 0 bridgehead atoms. The fraction of sp³-hybridized carbons (Fsp3) is 0.280. The smallest absolute Gasteiger partial charge is 0.390 e. The number of aliphatic hydroxyl groups excluding tert-OH is 2. The van der Waals surface area contributed by atoms with Crippen LogP contribution in [0.4, 0.5) is 13.2 Å². The standard InChI is InChI=1S/C25H25F3N4O6S/c26-25(27,28)15-4-3-5-16(11-15)39(37,38)32-19-8-13(10-21(33)22(19)34)24(36)31-20(23(29)35)9-14-12-30-18-7-2-1-6-17(14)18/h1-8,11-12,19-22,30,32-34H,9-10H2,(H2,29,35)(H,31,36). The van der Waals surface area contributed by atoms with Crippen LogP contribution in [0.2, 0.25) is 0 Å². The molecule has 7 N–H and O–H groups in total. The fourth-order valence-electron chi connectivity index (χ4n) is 4.32. The van der Waals surface area contributed by atoms with E-state index >= 15 is 0 Å². The van der Waals surface area contributed by atoms with Crippen LogP contribution in [0, 0.1) is 0 Å². The number of aliphatic hydroxyl groups is 2. The quantitative estimate of drug-likeness (QED) is 0.238. The van der Waals surface area contributed by atoms with Gasteiger partial charge in [-0.2, -0.15) is 13.2 Å². The number of halogens is 3. The van der Waals surface area contributed by atoms with E-state index in [-0.39, 0.29) is 18.4 Å². The monoisotopic (exact) mass is 566 g/mol. The molecule has 0 radical (unpaired) electrons. The number of nitrogens with two attached hydrogens (primary N) is 1. The first-order chi connectivity index (χ1) is 18.3. The lowest BCUT2D eigenvalue weighted by Gasteiger charge is -2.31. The van der Waals surface area contributed by atoms with Crippen LogP contribution in [0.5, 0.6) is 0 Å². The highest BCUT2D eigenvalue weighted by molar-refractivity contribution is 7.89. The predicted octanol–water partition coefficient (Wildman–Crippen LogP) is 1.10. The first-order valence-corrected chi connectivity index (χ1v) is 13.2. The number of hydrogen-bond acceptors (Lipinski definition) is 6. The van der Waals surface area contributed by atoms with Crippen LogP contribution in [0.25, 0.3) is 10.9 Å². The molecule has 0 fully saturated rings. The maximum atomic E-state index is 13.0. The number of rotatable bonds is 8. The molecule has 0 saturated carbocycles. The van der Waals surface area contributed by atoms with Crippen molar-refractivity contribution in [3.05, 3.63) is 77.5 Å². The molecule has 0 aliphatic heterocycles. The van der Waals surface area contributed by atoms with Gasteiger partial charge in [-0.25, -0.2) is 13.1 Å². The van der Waals surface area contributed by atoms with E-state index in [4.69, 9.17) is 5.73 Å². The van der Waals surface area contributed by atoms with E-state index in [1.165, 1.54) is 0 Å². The number of carbonyl (C=O) groups is 2. The van der Waals surface area contributed by atoms with Gasteiger partial charge in [0.1, 0.15) is 12.1 Å². The lowest BCUT2D eigenvalue weighted by molar-refractivity contribution is -0.137. The topological polar surface area (TPSA) is 175 Å². The Hall–Kier alpha value is -3.72. The van der Waals surface area contributed by atoms with E-state index < -0.39 is 62.8 Å². The summed E-state index contributed by atoms with van der Waals surface area (Å²) in [4.78, 5) is 27.4. The third-order valence-corrected chi connectivity index (χ3v) is 7.83. The zero-order chi connectivity index (χ0) is 28.5. The van der Waals surface area contributed by atoms with E-state index in [0.717, 1.165) is 29.1 Å². The number of aromatic amines is 1. The number of sulfonamides is 1. The molecule has 2 aromatic carbocycles. The summed E-state index contributed by atoms with van der Waals surface area (Å²) < 4.78 is 66.8. The number of primary amides is 1. The van der Waals surface area contributed by atoms with Gasteiger partial charge in [-0.15, -0.1) is 0 Å². The number of H-pyrrole nitrogens is 1. The molecule has 1 aliphatic rings. The minimum absolute atomic E-state index is 0.0369. The summed E-state index contributed by atoms with van der Waals surface area (Å²) in [5, 5.41) is 24.0. The Labute approximate surface area is 220 Å². The minimum atomic E-state index is -4.79. The van der Waals surface area contributed by atoms with E-state index in [2.05, 4.69) is 10.3 Å². The summed E-state index contributed by atoms with van der Waals surface area (Å²) >= 11 is 0. The number of amides is 2. The zero-order valence-electron chi connectivity index (χ0n) is 20.1. The van der Waals surface area contributed by atoms with E-state index in [0.29, 0.717) is 17.7 Å². The van der Waals surface area contributed by atoms with Crippen LogP contribution >= 0.6 is 0 Å². The van der Waals surface area contributed by atoms with Crippen molar-refractivity contribution in [2.24, 2.45) is 5.73 Å². The van der Waals surface area contributed by atoms with Gasteiger partial charge >= 0.3 is 6.18 Å². The van der Waals surface area contributed by atoms with Crippen molar-refractivity contribution < 1.29 is 41.4 Å². The highest BCUT2D eigenvalue weighted by Crippen LogP contribution is 2.31. The average molecular weight is 567 g/mol. The van der Waals surface area contributed by atoms with E-state index in [9.17, 15) is 41.4 Å². The largest absolute Gasteiger partial charge is 0.416 e. The van der Waals surface area contributed by atoms with Gasteiger partial charge in [0.05, 0.1) is 22.6 Å². The Morgan fingerprint density at radius 3 is 2.54 bits per heavy atom. The molecule has 3 aromatic rings. The molecule has 208 valence electrons. The number of aromatic nitrogens is 1. The van der Waals surface area contributed by atoms with Crippen molar-refractivity contribution in [1.82, 2.24) is 15.0 Å². The van der Waals surface area contributed by atoms with Gasteiger partial charge < -0.3 is 26.2 Å². The molecule has 0 spiro atoms. The summed E-state index contributed by atoms with van der Waals surface area (Å²) in [6.07, 6.45) is -5.72. The Morgan fingerprint density at radius 1 is 1.13 bits per heavy atom. The Bertz CT molecular complexity index is 1540. The molecule has 2 amide bonds. The fourth-order valence-corrected chi connectivity index (χ4v) is 5.56. The maximum absolute atomic E-state index is 13.0. The van der Waals surface area contributed by atoms with Crippen molar-refractivity contribution in [2.75, 3.05) is 0 Å². The number of benzene rings is 2. The molecule has 0 saturated heterocycles. The summed E-state index contributed by atoms with van der Waals surface area (Å²) in [6, 6.07) is 7.52. The van der Waals surface area contributed by atoms with Gasteiger partial charge in [0, 0.05) is 35.5 Å². The normalized spacial score (nSPS) is 20.8. The number of para-hydroxylation sites is 1. The summed E-state index contributed by atoms with van der Waals surface area (Å²) in [6.45, 7) is 0. The molecule has 10 nitrogen and oxygen atoms in total. The molecule has 4 atom stereocenters. The number of carbonyl (C=O) groups excluding carboxylic acids is 2. The molecule has 4 unspecified atom stereocenters. The van der Waals surface area contributed by atoms with Crippen LogP contribution in [0.1, 0.15) is 17.5 Å². The zero-order valence-corrected chi connectivity index (χ0v) is 21.0. The van der Waals surface area contributed by atoms with Gasteiger partial charge in [-0.3, -0.25) is 9.59 Å². The van der Waals surface area contributed by atoms with Crippen molar-refractivity contribution in [1.29, 1.82) is 0 Å². The molecule has 4 rings (SSSR count). The van der Waals surface area contributed by atoms with Gasteiger partial charge in [-0.1, -0.05) is 30.3 Å². The summed E-state index contributed by atoms with van der Waals surface area (Å²) in [5.74, 6) is -1.68. The number of hydrogen-bond donors (Lipinski definition) is 6. The Morgan fingerprint density at radius 2 is 1.85 bits per heavy atom. The van der Waals surface area contributed by atoms with Crippen molar-refractivity contribution in [3.63, 3.8) is 0 Å². The lowest BCUT2D eigenvalue weighted by Crippen LogP contribution is -2.52. The molecule has 1 aliphatic carbocycles. The molecular formula is C25H25F3N4O6S. The Kier molecular flexibility index (Phi) is 7.84. The molecule has 14 heteroatoms. The summed E-state index contributed by atoms with van der Waals surface area (Å²) in [5.41, 5.74) is 5.66. The third-order valence-electron chi connectivity index (χ3n) is 6.37. The van der Waals surface area contributed by atoms with Crippen LogP contribution in [-0.2, 0) is 32.2 Å². The third kappa shape index (κ3) is 6.30. The second-order valence-corrected chi connectivity index (χ2v) is 10.8. The van der Waals surface area contributed by atoms with Gasteiger partial charge in [-0.05, 0) is 29.8 Å². The average Bonchev–Trinajstić information content (AvgIpc) is 3.28. The first-order valence-electron chi connectivity index (χ1n) is 11.7. The maximum Gasteiger partial charge on any atom is 0.416 e. The molecule has 1 aromatic heterocycles. The molecule has 1 heterocycles. The SMILES string of the molecule is NC(=O)C(Cc1c[nH]c2ccccc12)NC(=O)C1=CC(NS(=O)(=O)c2cccc(C(F)(F)F)c2)C(O)C(O)C1. The van der Waals surface area contributed by atoms with Crippen LogP contribution in [-0.4, -0.2) is 59.7 Å². The van der Waals surface area contributed by atoms with Crippen molar-refractivity contribution in [3.8, 4) is 0 Å². The molecule has 39 heavy (non-hydrogen) atoms. The van der Waals surface area contributed by atoms with Crippen molar-refractivity contribution in [2.45, 2.75) is 48.2 Å². The van der Waals surface area contributed by atoms with Crippen LogP contribution in [0.3, 0.4) is 0 Å². The van der Waals surface area contributed by atoms with Gasteiger partial charge in [0.25, 0.3) is 0 Å². The molecular weight excluding hydrogens is 541 g/mol. The van der Waals surface area contributed by atoms with Crippen LogP contribution in [0.15, 0.2) is 71.3 Å². The Balaban J connectivity index is 1.54. The van der Waals surface area contributed by atoms with Crippen molar-refractivity contribution >= 4 is 32.7 Å². The van der Waals surface area contributed by atoms with Gasteiger partial charge in [0.15, 0.2) is 0 Å². The lowest BCUT2D eigenvalue weighted by atomic mass is 9.90. The first kappa shape index (κ1) is 28.3. The second-order valence-electron chi connectivity index (χ2n) is 9.12. The van der Waals surface area contributed by atoms with Gasteiger partial charge in [0.2, 0.25) is 21.8 Å². The number of fused-ring (bicyclic) bond motifs is 1. The van der Waals surface area contributed by atoms with E-state index in [1.807, 2.05) is 22.9 Å². The second kappa shape index (κ2) is 10.8.